The van der Waals surface area contributed by atoms with Crippen molar-refractivity contribution in [2.45, 2.75) is 26.3 Å². The number of carbonyl (C=O) groups is 2. The number of carbonyl (C=O) groups excluding carboxylic acids is 2. The summed E-state index contributed by atoms with van der Waals surface area (Å²) in [6.07, 6.45) is 0.700. The number of anilines is 1. The fourth-order valence-corrected chi connectivity index (χ4v) is 3.22. The maximum atomic E-state index is 12.7. The minimum Gasteiger partial charge on any atom is -0.342 e. The molecule has 0 saturated carbocycles. The maximum absolute atomic E-state index is 12.7. The minimum atomic E-state index is -0.272. The molecular weight excluding hydrogens is 314 g/mol. The summed E-state index contributed by atoms with van der Waals surface area (Å²) in [6.45, 7) is 6.18. The summed E-state index contributed by atoms with van der Waals surface area (Å²) in [5.41, 5.74) is 0.741. The van der Waals surface area contributed by atoms with Crippen LogP contribution in [0.2, 0.25) is 5.02 Å². The zero-order valence-electron chi connectivity index (χ0n) is 14.0. The van der Waals surface area contributed by atoms with E-state index in [2.05, 4.69) is 0 Å². The lowest BCUT2D eigenvalue weighted by molar-refractivity contribution is -0.133. The molecule has 2 amide bonds. The molecule has 5 nitrogen and oxygen atoms in total. The number of halogens is 1. The van der Waals surface area contributed by atoms with E-state index in [4.69, 9.17) is 11.6 Å². The van der Waals surface area contributed by atoms with Crippen LogP contribution in [0.4, 0.5) is 5.69 Å². The summed E-state index contributed by atoms with van der Waals surface area (Å²) in [6, 6.07) is 7.08. The lowest BCUT2D eigenvalue weighted by atomic mass is 10.2. The van der Waals surface area contributed by atoms with Crippen LogP contribution in [0.25, 0.3) is 0 Å². The second kappa shape index (κ2) is 7.79. The number of hydrogen-bond acceptors (Lipinski definition) is 3. The summed E-state index contributed by atoms with van der Waals surface area (Å²) in [5, 5.41) is 0.573. The van der Waals surface area contributed by atoms with Crippen LogP contribution in [0.1, 0.15) is 20.3 Å². The number of rotatable bonds is 6. The molecule has 1 heterocycles. The molecule has 1 aliphatic heterocycles. The Morgan fingerprint density at radius 3 is 2.57 bits per heavy atom. The molecule has 1 aromatic rings. The molecule has 0 bridgehead atoms. The first-order valence-electron chi connectivity index (χ1n) is 8.03. The van der Waals surface area contributed by atoms with Gasteiger partial charge >= 0.3 is 0 Å². The molecule has 0 N–H and O–H groups in total. The van der Waals surface area contributed by atoms with Crippen molar-refractivity contribution >= 4 is 29.1 Å². The Kier molecular flexibility index (Phi) is 6.02. The van der Waals surface area contributed by atoms with Crippen LogP contribution in [0.3, 0.4) is 0 Å². The van der Waals surface area contributed by atoms with Gasteiger partial charge in [0.2, 0.25) is 11.8 Å². The van der Waals surface area contributed by atoms with Gasteiger partial charge < -0.3 is 9.80 Å². The van der Waals surface area contributed by atoms with E-state index in [0.29, 0.717) is 31.1 Å². The Hall–Kier alpha value is -1.59. The molecular formula is C17H24ClN3O2. The van der Waals surface area contributed by atoms with Crippen molar-refractivity contribution in [1.29, 1.82) is 0 Å². The van der Waals surface area contributed by atoms with E-state index in [1.54, 1.807) is 15.9 Å². The quantitative estimate of drug-likeness (QED) is 0.799. The van der Waals surface area contributed by atoms with E-state index in [-0.39, 0.29) is 24.4 Å². The number of para-hydroxylation sites is 1. The second-order valence-corrected chi connectivity index (χ2v) is 6.13. The van der Waals surface area contributed by atoms with Crippen LogP contribution in [-0.4, -0.2) is 60.9 Å². The van der Waals surface area contributed by atoms with Crippen LogP contribution < -0.4 is 4.90 Å². The zero-order valence-corrected chi connectivity index (χ0v) is 14.7. The molecule has 1 aliphatic rings. The summed E-state index contributed by atoms with van der Waals surface area (Å²) in [4.78, 5) is 30.3. The third kappa shape index (κ3) is 3.85. The van der Waals surface area contributed by atoms with Gasteiger partial charge in [-0.15, -0.1) is 0 Å². The van der Waals surface area contributed by atoms with Gasteiger partial charge in [0, 0.05) is 19.6 Å². The Labute approximate surface area is 142 Å². The lowest BCUT2D eigenvalue weighted by Gasteiger charge is -2.26. The van der Waals surface area contributed by atoms with E-state index in [1.165, 1.54) is 0 Å². The molecule has 0 aliphatic carbocycles. The third-order valence-electron chi connectivity index (χ3n) is 4.35. The van der Waals surface area contributed by atoms with Crippen molar-refractivity contribution in [3.05, 3.63) is 29.3 Å². The van der Waals surface area contributed by atoms with E-state index in [9.17, 15) is 9.59 Å². The van der Waals surface area contributed by atoms with Crippen molar-refractivity contribution in [2.75, 3.05) is 38.1 Å². The zero-order chi connectivity index (χ0) is 17.0. The largest absolute Gasteiger partial charge is 0.342 e. The van der Waals surface area contributed by atoms with Crippen molar-refractivity contribution in [2.24, 2.45) is 0 Å². The molecule has 1 fully saturated rings. The van der Waals surface area contributed by atoms with Crippen molar-refractivity contribution in [1.82, 2.24) is 9.80 Å². The summed E-state index contributed by atoms with van der Waals surface area (Å²) < 4.78 is 0. The van der Waals surface area contributed by atoms with Gasteiger partial charge in [-0.2, -0.15) is 0 Å². The number of hydrogen-bond donors (Lipinski definition) is 0. The monoisotopic (exact) mass is 337 g/mol. The number of likely N-dealkylation sites (N-methyl/N-ethyl adjacent to an activating group) is 2. The van der Waals surface area contributed by atoms with Crippen LogP contribution in [0.5, 0.6) is 0 Å². The van der Waals surface area contributed by atoms with Crippen LogP contribution in [0.15, 0.2) is 24.3 Å². The Morgan fingerprint density at radius 2 is 1.96 bits per heavy atom. The molecule has 6 heteroatoms. The Bertz CT molecular complexity index is 575. The predicted octanol–water partition coefficient (Wildman–Crippen LogP) is 2.25. The van der Waals surface area contributed by atoms with E-state index >= 15 is 0 Å². The summed E-state index contributed by atoms with van der Waals surface area (Å²) in [7, 11) is 1.83. The maximum Gasteiger partial charge on any atom is 0.244 e. The highest BCUT2D eigenvalue weighted by Gasteiger charge is 2.36. The molecule has 126 valence electrons. The van der Waals surface area contributed by atoms with Crippen LogP contribution in [0, 0.1) is 0 Å². The van der Waals surface area contributed by atoms with E-state index in [1.807, 2.05) is 44.0 Å². The van der Waals surface area contributed by atoms with E-state index in [0.717, 1.165) is 5.69 Å². The van der Waals surface area contributed by atoms with Gasteiger partial charge in [-0.05, 0) is 39.4 Å². The van der Waals surface area contributed by atoms with Gasteiger partial charge in [-0.1, -0.05) is 23.7 Å². The highest BCUT2D eigenvalue weighted by atomic mass is 35.5. The Morgan fingerprint density at radius 1 is 1.30 bits per heavy atom. The van der Waals surface area contributed by atoms with Gasteiger partial charge in [-0.3, -0.25) is 14.5 Å². The molecule has 23 heavy (non-hydrogen) atoms. The minimum absolute atomic E-state index is 0.00736. The van der Waals surface area contributed by atoms with Crippen molar-refractivity contribution < 1.29 is 9.59 Å². The lowest BCUT2D eigenvalue weighted by Crippen LogP contribution is -2.45. The molecule has 0 spiro atoms. The highest BCUT2D eigenvalue weighted by Crippen LogP contribution is 2.30. The SMILES string of the molecule is CCN(CC)C(=O)CN(C)[C@@H]1CCN(c2ccccc2Cl)C1=O. The normalized spacial score (nSPS) is 17.9. The molecule has 1 atom stereocenters. The summed E-state index contributed by atoms with van der Waals surface area (Å²) >= 11 is 6.19. The fraction of sp³-hybridized carbons (Fsp3) is 0.529. The molecule has 1 aromatic carbocycles. The average Bonchev–Trinajstić information content (AvgIpc) is 2.90. The molecule has 0 radical (unpaired) electrons. The standard InChI is InChI=1S/C17H24ClN3O2/c1-4-20(5-2)16(22)12-19(3)15-10-11-21(17(15)23)14-9-7-6-8-13(14)18/h6-9,15H,4-5,10-12H2,1-3H3/t15-/m1/s1. The van der Waals surface area contributed by atoms with Gasteiger partial charge in [0.1, 0.15) is 0 Å². The first-order chi connectivity index (χ1) is 11.0. The van der Waals surface area contributed by atoms with Gasteiger partial charge in [0.15, 0.2) is 0 Å². The number of nitrogens with zero attached hydrogens (tertiary/aromatic N) is 3. The van der Waals surface area contributed by atoms with E-state index < -0.39 is 0 Å². The van der Waals surface area contributed by atoms with Gasteiger partial charge in [-0.25, -0.2) is 0 Å². The molecule has 0 unspecified atom stereocenters. The average molecular weight is 338 g/mol. The topological polar surface area (TPSA) is 43.9 Å². The summed E-state index contributed by atoms with van der Waals surface area (Å²) in [5.74, 6) is 0.0643. The smallest absolute Gasteiger partial charge is 0.244 e. The number of benzene rings is 1. The van der Waals surface area contributed by atoms with Crippen LogP contribution in [-0.2, 0) is 9.59 Å². The van der Waals surface area contributed by atoms with Gasteiger partial charge in [0.05, 0.1) is 23.3 Å². The van der Waals surface area contributed by atoms with Crippen molar-refractivity contribution in [3.63, 3.8) is 0 Å². The second-order valence-electron chi connectivity index (χ2n) is 5.73. The number of amides is 2. The van der Waals surface area contributed by atoms with Crippen molar-refractivity contribution in [3.8, 4) is 0 Å². The van der Waals surface area contributed by atoms with Gasteiger partial charge in [0.25, 0.3) is 0 Å². The first kappa shape index (κ1) is 17.8. The molecule has 2 rings (SSSR count). The molecule has 0 aromatic heterocycles. The highest BCUT2D eigenvalue weighted by molar-refractivity contribution is 6.33. The fourth-order valence-electron chi connectivity index (χ4n) is 2.98. The van der Waals surface area contributed by atoms with Crippen LogP contribution >= 0.6 is 11.6 Å². The first-order valence-corrected chi connectivity index (χ1v) is 8.41. The predicted molar refractivity (Wildman–Crippen MR) is 92.8 cm³/mol. The Balaban J connectivity index is 2.04. The molecule has 1 saturated heterocycles. The third-order valence-corrected chi connectivity index (χ3v) is 4.67.